The third-order valence-electron chi connectivity index (χ3n) is 4.21. The van der Waals surface area contributed by atoms with Gasteiger partial charge in [0.2, 0.25) is 5.11 Å². The maximum absolute atomic E-state index is 11.9. The van der Waals surface area contributed by atoms with Crippen molar-refractivity contribution < 1.29 is 14.3 Å². The lowest BCUT2D eigenvalue weighted by atomic mass is 9.97. The van der Waals surface area contributed by atoms with Gasteiger partial charge >= 0.3 is 5.97 Å². The van der Waals surface area contributed by atoms with Crippen LogP contribution in [0.15, 0.2) is 102 Å². The molecular formula is C23H15N3O3S3. The molecule has 4 aromatic rings. The molecule has 9 heteroatoms. The quantitative estimate of drug-likeness (QED) is 0.278. The van der Waals surface area contributed by atoms with Crippen LogP contribution >= 0.6 is 35.3 Å². The summed E-state index contributed by atoms with van der Waals surface area (Å²) >= 11 is 8.38. The van der Waals surface area contributed by atoms with E-state index in [0.29, 0.717) is 17.0 Å². The van der Waals surface area contributed by atoms with Crippen LogP contribution in [-0.2, 0) is 0 Å². The predicted octanol–water partition coefficient (Wildman–Crippen LogP) is 5.83. The number of aliphatic imine (C=N–C) groups is 2. The number of aromatic nitrogens is 1. The smallest absolute Gasteiger partial charge is 0.336 e. The minimum atomic E-state index is -1.05. The average Bonchev–Trinajstić information content (AvgIpc) is 3.51. The molecule has 0 aliphatic carbocycles. The highest BCUT2D eigenvalue weighted by atomic mass is 32.2. The summed E-state index contributed by atoms with van der Waals surface area (Å²) in [5.74, 6) is -0.516. The van der Waals surface area contributed by atoms with Gasteiger partial charge in [0, 0.05) is 27.6 Å². The van der Waals surface area contributed by atoms with E-state index in [9.17, 15) is 9.90 Å². The predicted molar refractivity (Wildman–Crippen MR) is 131 cm³/mol. The first-order valence-electron chi connectivity index (χ1n) is 9.31. The monoisotopic (exact) mass is 477 g/mol. The van der Waals surface area contributed by atoms with Crippen molar-refractivity contribution in [3.8, 4) is 0 Å². The van der Waals surface area contributed by atoms with Gasteiger partial charge in [0.15, 0.2) is 4.34 Å². The first-order valence-corrected chi connectivity index (χ1v) is 11.4. The molecule has 2 aromatic carbocycles. The molecule has 0 aliphatic rings. The van der Waals surface area contributed by atoms with Gasteiger partial charge in [0.1, 0.15) is 5.76 Å². The Balaban J connectivity index is 1.82. The fraction of sp³-hybridized carbons (Fsp3) is 0. The summed E-state index contributed by atoms with van der Waals surface area (Å²) in [5, 5.41) is 11.7. The molecule has 4 rings (SSSR count). The van der Waals surface area contributed by atoms with Crippen molar-refractivity contribution >= 4 is 58.3 Å². The van der Waals surface area contributed by atoms with Gasteiger partial charge in [0.25, 0.3) is 0 Å². The lowest BCUT2D eigenvalue weighted by Gasteiger charge is -2.13. The highest BCUT2D eigenvalue weighted by Crippen LogP contribution is 2.33. The fourth-order valence-corrected chi connectivity index (χ4v) is 4.71. The number of thiocarbonyl (C=S) groups is 1. The SMILES string of the molecule is O=C(O)c1ccccc1/C(=N/C(=S)/N=C/c1ccco1)c1ccccc1Sc1nccs1. The minimum absolute atomic E-state index is 0.0469. The van der Waals surface area contributed by atoms with Crippen LogP contribution in [0.4, 0.5) is 0 Å². The summed E-state index contributed by atoms with van der Waals surface area (Å²) in [6.45, 7) is 0. The Labute approximate surface area is 197 Å². The zero-order chi connectivity index (χ0) is 22.3. The lowest BCUT2D eigenvalue weighted by Crippen LogP contribution is -2.13. The van der Waals surface area contributed by atoms with E-state index in [2.05, 4.69) is 15.0 Å². The first kappa shape index (κ1) is 21.8. The number of hydrogen-bond acceptors (Lipinski definition) is 6. The average molecular weight is 478 g/mol. The Hall–Kier alpha value is -3.40. The second-order valence-corrected chi connectivity index (χ2v) is 8.81. The maximum Gasteiger partial charge on any atom is 0.336 e. The number of carbonyl (C=O) groups is 1. The summed E-state index contributed by atoms with van der Waals surface area (Å²) in [6.07, 6.45) is 4.75. The number of carboxylic acids is 1. The van der Waals surface area contributed by atoms with Crippen LogP contribution in [0.1, 0.15) is 27.2 Å². The number of rotatable bonds is 6. The molecule has 2 heterocycles. The topological polar surface area (TPSA) is 88.0 Å². The minimum Gasteiger partial charge on any atom is -0.478 e. The second kappa shape index (κ2) is 10.3. The van der Waals surface area contributed by atoms with E-state index in [1.165, 1.54) is 35.6 Å². The Bertz CT molecular complexity index is 1300. The second-order valence-electron chi connectivity index (χ2n) is 6.26. The van der Waals surface area contributed by atoms with Crippen molar-refractivity contribution in [1.29, 1.82) is 0 Å². The molecule has 1 N–H and O–H groups in total. The molecule has 158 valence electrons. The fourth-order valence-electron chi connectivity index (χ4n) is 2.86. The van der Waals surface area contributed by atoms with E-state index in [4.69, 9.17) is 16.6 Å². The van der Waals surface area contributed by atoms with Gasteiger partial charge in [-0.05, 0) is 36.5 Å². The van der Waals surface area contributed by atoms with E-state index in [0.717, 1.165) is 14.8 Å². The van der Waals surface area contributed by atoms with Crippen molar-refractivity contribution in [1.82, 2.24) is 4.98 Å². The number of thiazole rings is 1. The van der Waals surface area contributed by atoms with Crippen LogP contribution in [-0.4, -0.2) is 33.1 Å². The number of benzene rings is 2. The van der Waals surface area contributed by atoms with Crippen molar-refractivity contribution in [3.05, 3.63) is 101 Å². The molecule has 0 aliphatic heterocycles. The maximum atomic E-state index is 11.9. The highest BCUT2D eigenvalue weighted by molar-refractivity contribution is 8.01. The number of aromatic carboxylic acids is 1. The van der Waals surface area contributed by atoms with Gasteiger partial charge in [-0.25, -0.2) is 19.8 Å². The Kier molecular flexibility index (Phi) is 7.00. The molecule has 2 aromatic heterocycles. The van der Waals surface area contributed by atoms with Gasteiger partial charge in [-0.3, -0.25) is 0 Å². The lowest BCUT2D eigenvalue weighted by molar-refractivity contribution is 0.0696. The van der Waals surface area contributed by atoms with Crippen LogP contribution in [0.5, 0.6) is 0 Å². The normalized spacial score (nSPS) is 11.7. The Morgan fingerprint density at radius 3 is 2.50 bits per heavy atom. The zero-order valence-electron chi connectivity index (χ0n) is 16.4. The first-order chi connectivity index (χ1) is 15.6. The highest BCUT2D eigenvalue weighted by Gasteiger charge is 2.19. The zero-order valence-corrected chi connectivity index (χ0v) is 18.9. The third-order valence-corrected chi connectivity index (χ3v) is 6.37. The summed E-state index contributed by atoms with van der Waals surface area (Å²) in [6, 6.07) is 17.8. The Morgan fingerprint density at radius 2 is 1.81 bits per heavy atom. The molecule has 0 bridgehead atoms. The summed E-state index contributed by atoms with van der Waals surface area (Å²) in [7, 11) is 0. The van der Waals surface area contributed by atoms with Crippen molar-refractivity contribution in [2.24, 2.45) is 9.98 Å². The summed E-state index contributed by atoms with van der Waals surface area (Å²) in [4.78, 5) is 25.9. The van der Waals surface area contributed by atoms with E-state index in [1.54, 1.807) is 42.6 Å². The molecule has 0 saturated carbocycles. The standard InChI is InChI=1S/C23H15N3O3S3/c27-21(28)17-8-2-1-7-16(17)20(26-22(30)25-14-15-6-5-12-29-15)18-9-3-4-10-19(18)32-23-24-11-13-31-23/h1-14H,(H,27,28)/b25-14+,26-20-. The van der Waals surface area contributed by atoms with E-state index in [1.807, 2.05) is 29.6 Å². The number of nitrogens with zero attached hydrogens (tertiary/aromatic N) is 3. The molecule has 0 amide bonds. The van der Waals surface area contributed by atoms with Gasteiger partial charge in [-0.15, -0.1) is 11.3 Å². The van der Waals surface area contributed by atoms with E-state index in [-0.39, 0.29) is 10.7 Å². The van der Waals surface area contributed by atoms with E-state index >= 15 is 0 Å². The van der Waals surface area contributed by atoms with Gasteiger partial charge < -0.3 is 9.52 Å². The molecule has 0 atom stereocenters. The van der Waals surface area contributed by atoms with Crippen LogP contribution in [0.2, 0.25) is 0 Å². The van der Waals surface area contributed by atoms with Gasteiger partial charge in [-0.2, -0.15) is 0 Å². The summed E-state index contributed by atoms with van der Waals surface area (Å²) in [5.41, 5.74) is 1.72. The van der Waals surface area contributed by atoms with E-state index < -0.39 is 5.97 Å². The molecule has 0 fully saturated rings. The molecule has 32 heavy (non-hydrogen) atoms. The van der Waals surface area contributed by atoms with Gasteiger partial charge in [0.05, 0.1) is 23.8 Å². The largest absolute Gasteiger partial charge is 0.478 e. The third kappa shape index (κ3) is 5.25. The number of carboxylic acid groups (broad SMARTS) is 1. The van der Waals surface area contributed by atoms with Crippen LogP contribution in [0.25, 0.3) is 0 Å². The van der Waals surface area contributed by atoms with Crippen molar-refractivity contribution in [2.45, 2.75) is 9.24 Å². The van der Waals surface area contributed by atoms with Gasteiger partial charge in [-0.1, -0.05) is 48.2 Å². The van der Waals surface area contributed by atoms with Crippen molar-refractivity contribution in [2.75, 3.05) is 0 Å². The molecule has 0 spiro atoms. The number of hydrogen-bond donors (Lipinski definition) is 1. The molecule has 6 nitrogen and oxygen atoms in total. The molecule has 0 saturated heterocycles. The van der Waals surface area contributed by atoms with Crippen molar-refractivity contribution in [3.63, 3.8) is 0 Å². The van der Waals surface area contributed by atoms with Crippen LogP contribution < -0.4 is 0 Å². The molecular weight excluding hydrogens is 462 g/mol. The summed E-state index contributed by atoms with van der Waals surface area (Å²) < 4.78 is 6.11. The number of furan rings is 1. The van der Waals surface area contributed by atoms with Crippen LogP contribution in [0, 0.1) is 0 Å². The molecule has 0 unspecified atom stereocenters. The Morgan fingerprint density at radius 1 is 1.06 bits per heavy atom. The van der Waals surface area contributed by atoms with Crippen LogP contribution in [0.3, 0.4) is 0 Å². The molecule has 0 radical (unpaired) electrons.